The van der Waals surface area contributed by atoms with Gasteiger partial charge in [0.25, 0.3) is 0 Å². The summed E-state index contributed by atoms with van der Waals surface area (Å²) in [5.74, 6) is -0.293. The van der Waals surface area contributed by atoms with Crippen molar-refractivity contribution < 1.29 is 41.1 Å². The molecule has 62 heavy (non-hydrogen) atoms. The number of halogens is 3. The molecule has 0 spiro atoms. The maximum absolute atomic E-state index is 12.5. The van der Waals surface area contributed by atoms with Gasteiger partial charge in [-0.25, -0.2) is 21.8 Å². The van der Waals surface area contributed by atoms with Crippen molar-refractivity contribution in [3.63, 3.8) is 0 Å². The van der Waals surface area contributed by atoms with Crippen LogP contribution in [-0.2, 0) is 31.2 Å². The van der Waals surface area contributed by atoms with E-state index in [1.165, 1.54) is 87.5 Å². The maximum atomic E-state index is 12.5. The average molecular weight is 1040 g/mol. The van der Waals surface area contributed by atoms with Crippen molar-refractivity contribution in [2.75, 3.05) is 25.7 Å². The molecule has 4 aromatic heterocycles. The van der Waals surface area contributed by atoms with Crippen LogP contribution in [-0.4, -0.2) is 65.8 Å². The number of aromatic nitrogens is 4. The quantitative estimate of drug-likeness (QED) is 0.0945. The summed E-state index contributed by atoms with van der Waals surface area (Å²) in [6.07, 6.45) is 5.12. The first-order valence-electron chi connectivity index (χ1n) is 16.7. The average Bonchev–Trinajstić information content (AvgIpc) is 3.22. The van der Waals surface area contributed by atoms with Gasteiger partial charge in [-0.05, 0) is 95.9 Å². The largest absolute Gasteiger partial charge is 0.495 e. The minimum Gasteiger partial charge on any atom is -0.495 e. The number of anilines is 2. The number of benzene rings is 2. The minimum atomic E-state index is -3.68. The van der Waals surface area contributed by atoms with E-state index in [4.69, 9.17) is 32.5 Å². The van der Waals surface area contributed by atoms with Crippen LogP contribution in [0, 0.1) is 30.3 Å². The summed E-state index contributed by atoms with van der Waals surface area (Å²) in [5.41, 5.74) is 12.1. The predicted molar refractivity (Wildman–Crippen MR) is 234 cm³/mol. The van der Waals surface area contributed by atoms with Crippen molar-refractivity contribution in [3.8, 4) is 11.5 Å². The zero-order chi connectivity index (χ0) is 46.2. The highest BCUT2D eigenvalue weighted by Gasteiger charge is 2.23. The van der Waals surface area contributed by atoms with E-state index < -0.39 is 34.4 Å². The SMILES string of the molecule is COc1ccc(Br)cc1S(=O)(=O)Cc1ccc(N)nc1.COc1ccc(Br)cc1S(=O)(=O)Cc1ccc([N+](=O)[O-])nc1.Nc1ccc([N+](=O)[O-])nc1.O=[N+]([O-])c1ccc(Cl)cn1. The summed E-state index contributed by atoms with van der Waals surface area (Å²) >= 11 is 11.9. The number of nitro groups is 3. The molecule has 0 amide bonds. The first-order chi connectivity index (χ1) is 29.1. The molecular weight excluding hydrogens is 1010 g/mol. The molecule has 0 atom stereocenters. The van der Waals surface area contributed by atoms with Crippen molar-refractivity contribution >= 4 is 92.1 Å². The van der Waals surface area contributed by atoms with E-state index in [0.717, 1.165) is 0 Å². The molecule has 0 aliphatic carbocycles. The highest BCUT2D eigenvalue weighted by atomic mass is 79.9. The van der Waals surface area contributed by atoms with Crippen LogP contribution >= 0.6 is 43.5 Å². The topological polar surface area (TPSA) is 320 Å². The molecule has 0 saturated carbocycles. The molecule has 21 nitrogen and oxygen atoms in total. The lowest BCUT2D eigenvalue weighted by Gasteiger charge is -2.10. The Morgan fingerprint density at radius 1 is 0.581 bits per heavy atom. The number of rotatable bonds is 11. The molecule has 0 unspecified atom stereocenters. The van der Waals surface area contributed by atoms with Crippen LogP contribution < -0.4 is 20.9 Å². The van der Waals surface area contributed by atoms with Crippen LogP contribution in [0.4, 0.5) is 29.0 Å². The number of hydrogen-bond donors (Lipinski definition) is 2. The molecule has 0 saturated heterocycles. The van der Waals surface area contributed by atoms with E-state index in [2.05, 4.69) is 51.8 Å². The standard InChI is InChI=1S/C13H11BrN2O5S.C13H13BrN2O3S.C5H3ClN2O2.C5H5N3O2/c1-21-11-4-3-10(14)6-12(11)22(19,20)8-9-2-5-13(15-7-9)16(17)18;1-19-11-4-3-10(14)6-12(11)20(17,18)8-9-2-5-13(15)16-7-9;2*6-4-1-2-5(7-3-4)8(9)10/h2-7H,8H2,1H3;2-7H,8H2,1H3,(H2,15,16);1-3H;1-3H,6H2. The monoisotopic (exact) mass is 1040 g/mol. The van der Waals surface area contributed by atoms with E-state index in [-0.39, 0.29) is 44.5 Å². The highest BCUT2D eigenvalue weighted by Crippen LogP contribution is 2.31. The number of sulfone groups is 2. The third-order valence-electron chi connectivity index (χ3n) is 7.34. The van der Waals surface area contributed by atoms with E-state index in [1.807, 2.05) is 0 Å². The fraction of sp³-hybridized carbons (Fsp3) is 0.111. The second-order valence-corrected chi connectivity index (χ2v) is 18.0. The summed E-state index contributed by atoms with van der Waals surface area (Å²) in [6, 6.07) is 20.7. The third-order valence-corrected chi connectivity index (χ3v) is 12.0. The Morgan fingerprint density at radius 3 is 1.32 bits per heavy atom. The second-order valence-electron chi connectivity index (χ2n) is 11.8. The van der Waals surface area contributed by atoms with Gasteiger partial charge in [-0.2, -0.15) is 0 Å². The number of ether oxygens (including phenoxy) is 2. The number of nitrogen functional groups attached to an aromatic ring is 2. The molecule has 0 radical (unpaired) electrons. The van der Waals surface area contributed by atoms with E-state index in [0.29, 0.717) is 42.3 Å². The molecule has 0 aliphatic rings. The van der Waals surface area contributed by atoms with Crippen molar-refractivity contribution in [3.05, 3.63) is 165 Å². The lowest BCUT2D eigenvalue weighted by molar-refractivity contribution is -0.389. The number of hydrogen-bond acceptors (Lipinski definition) is 18. The van der Waals surface area contributed by atoms with Gasteiger partial charge in [0.2, 0.25) is 0 Å². The van der Waals surface area contributed by atoms with Gasteiger partial charge in [0.15, 0.2) is 32.1 Å². The van der Waals surface area contributed by atoms with Gasteiger partial charge in [-0.1, -0.05) is 49.5 Å². The van der Waals surface area contributed by atoms with Gasteiger partial charge in [-0.15, -0.1) is 0 Å². The van der Waals surface area contributed by atoms with Crippen molar-refractivity contribution in [1.29, 1.82) is 0 Å². The Labute approximate surface area is 374 Å². The zero-order valence-electron chi connectivity index (χ0n) is 31.9. The summed E-state index contributed by atoms with van der Waals surface area (Å²) in [6.45, 7) is 0. The van der Waals surface area contributed by atoms with E-state index in [9.17, 15) is 47.2 Å². The normalized spacial score (nSPS) is 10.6. The summed E-state index contributed by atoms with van der Waals surface area (Å²) < 4.78 is 61.4. The van der Waals surface area contributed by atoms with Gasteiger partial charge < -0.3 is 51.3 Å². The predicted octanol–water partition coefficient (Wildman–Crippen LogP) is 7.36. The summed E-state index contributed by atoms with van der Waals surface area (Å²) in [5, 5.41) is 31.0. The smallest absolute Gasteiger partial charge is 0.363 e. The van der Waals surface area contributed by atoms with Crippen LogP contribution in [0.3, 0.4) is 0 Å². The van der Waals surface area contributed by atoms with Crippen LogP contribution in [0.15, 0.2) is 128 Å². The Hall–Kier alpha value is -6.41. The highest BCUT2D eigenvalue weighted by molar-refractivity contribution is 9.10. The summed E-state index contributed by atoms with van der Waals surface area (Å²) in [7, 11) is -4.38. The Kier molecular flexibility index (Phi) is 18.5. The van der Waals surface area contributed by atoms with Crippen molar-refractivity contribution in [1.82, 2.24) is 19.9 Å². The van der Waals surface area contributed by atoms with Gasteiger partial charge in [0.05, 0.1) is 36.4 Å². The Morgan fingerprint density at radius 2 is 0.984 bits per heavy atom. The molecule has 0 fully saturated rings. The number of methoxy groups -OCH3 is 2. The van der Waals surface area contributed by atoms with Crippen LogP contribution in [0.25, 0.3) is 0 Å². The fourth-order valence-electron chi connectivity index (χ4n) is 4.49. The van der Waals surface area contributed by atoms with Crippen molar-refractivity contribution in [2.24, 2.45) is 0 Å². The van der Waals surface area contributed by atoms with E-state index in [1.54, 1.807) is 36.4 Å². The zero-order valence-corrected chi connectivity index (χ0v) is 37.5. The maximum Gasteiger partial charge on any atom is 0.363 e. The third kappa shape index (κ3) is 15.6. The van der Waals surface area contributed by atoms with Crippen LogP contribution in [0.2, 0.25) is 5.02 Å². The molecule has 0 bridgehead atoms. The number of pyridine rings is 4. The molecular formula is C36H32Br2ClN9O12S2. The Balaban J connectivity index is 0.000000234. The molecule has 4 heterocycles. The van der Waals surface area contributed by atoms with E-state index >= 15 is 0 Å². The lowest BCUT2D eigenvalue weighted by Crippen LogP contribution is -2.07. The molecule has 6 rings (SSSR count). The first-order valence-corrected chi connectivity index (χ1v) is 22.0. The first kappa shape index (κ1) is 49.9. The number of nitrogens with zero attached hydrogens (tertiary/aromatic N) is 7. The van der Waals surface area contributed by atoms with Gasteiger partial charge in [0.1, 0.15) is 33.3 Å². The molecule has 4 N–H and O–H groups in total. The minimum absolute atomic E-state index is 0.0442. The number of nitrogens with two attached hydrogens (primary N) is 2. The summed E-state index contributed by atoms with van der Waals surface area (Å²) in [4.78, 5) is 43.4. The van der Waals surface area contributed by atoms with Gasteiger partial charge in [-0.3, -0.25) is 0 Å². The van der Waals surface area contributed by atoms with Gasteiger partial charge in [0, 0.05) is 38.9 Å². The second kappa shape index (κ2) is 23.0. The molecule has 0 aliphatic heterocycles. The van der Waals surface area contributed by atoms with Crippen molar-refractivity contribution in [2.45, 2.75) is 21.3 Å². The van der Waals surface area contributed by atoms with Gasteiger partial charge >= 0.3 is 17.5 Å². The molecule has 2 aromatic carbocycles. The molecule has 26 heteroatoms. The van der Waals surface area contributed by atoms with Crippen LogP contribution in [0.1, 0.15) is 11.1 Å². The van der Waals surface area contributed by atoms with Crippen LogP contribution in [0.5, 0.6) is 11.5 Å². The fourth-order valence-corrected chi connectivity index (χ4v) is 8.69. The Bertz CT molecular complexity index is 2670. The molecule has 6 aromatic rings. The lowest BCUT2D eigenvalue weighted by atomic mass is 10.3. The molecule has 326 valence electrons.